The summed E-state index contributed by atoms with van der Waals surface area (Å²) in [4.78, 5) is 27.1. The Kier molecular flexibility index (Phi) is 7.27. The van der Waals surface area contributed by atoms with E-state index in [-0.39, 0.29) is 23.6 Å². The van der Waals surface area contributed by atoms with E-state index in [1.165, 1.54) is 6.34 Å². The predicted molar refractivity (Wildman–Crippen MR) is 143 cm³/mol. The van der Waals surface area contributed by atoms with Gasteiger partial charge in [-0.15, -0.1) is 0 Å². The van der Waals surface area contributed by atoms with Crippen LogP contribution in [0.3, 0.4) is 0 Å². The number of amides is 1. The van der Waals surface area contributed by atoms with Gasteiger partial charge in [-0.1, -0.05) is 29.8 Å². The smallest absolute Gasteiger partial charge is 0.232 e. The van der Waals surface area contributed by atoms with Gasteiger partial charge in [0.15, 0.2) is 5.96 Å². The van der Waals surface area contributed by atoms with Gasteiger partial charge in [0, 0.05) is 24.4 Å². The van der Waals surface area contributed by atoms with Gasteiger partial charge in [-0.25, -0.2) is 4.99 Å². The van der Waals surface area contributed by atoms with Crippen molar-refractivity contribution in [2.45, 2.75) is 76.6 Å². The van der Waals surface area contributed by atoms with Crippen LogP contribution in [0, 0.1) is 5.92 Å². The van der Waals surface area contributed by atoms with Crippen LogP contribution < -0.4 is 16.2 Å². The Morgan fingerprint density at radius 2 is 1.94 bits per heavy atom. The maximum atomic E-state index is 12.6. The molecule has 9 heteroatoms. The normalized spacial score (nSPS) is 23.1. The summed E-state index contributed by atoms with van der Waals surface area (Å²) in [5.41, 5.74) is 12.9. The van der Waals surface area contributed by atoms with Crippen LogP contribution in [0.1, 0.15) is 76.6 Å². The van der Waals surface area contributed by atoms with Gasteiger partial charge < -0.3 is 16.2 Å². The molecule has 1 aromatic carbocycles. The molecule has 2 atom stereocenters. The standard InChI is InChI=1S/C15H19ClN4O.C12H16N2O/c1-15(2)6-12(21)20(14(17)19-15)13(9-3-4-9)10-5-11(16)8-18-7-10;1-12(2)7-10(14-8-13)9-5-3-4-6-11(9)15-12/h5,7-9,13H,3-4,6H2,1-2H3,(H2,17,19);3-6,8,10H,7H2,1-2H3,(H2,13,14)/t;10-/m.0/s1. The van der Waals surface area contributed by atoms with E-state index in [1.807, 2.05) is 44.2 Å². The van der Waals surface area contributed by atoms with Crippen LogP contribution >= 0.6 is 11.6 Å². The molecule has 36 heavy (non-hydrogen) atoms. The summed E-state index contributed by atoms with van der Waals surface area (Å²) in [6.45, 7) is 7.98. The number of guanidine groups is 1. The quantitative estimate of drug-likeness (QED) is 0.452. The molecule has 3 heterocycles. The maximum absolute atomic E-state index is 12.6. The summed E-state index contributed by atoms with van der Waals surface area (Å²) in [5.74, 6) is 1.64. The largest absolute Gasteiger partial charge is 0.487 e. The van der Waals surface area contributed by atoms with E-state index < -0.39 is 5.54 Å². The lowest BCUT2D eigenvalue weighted by Gasteiger charge is -2.38. The summed E-state index contributed by atoms with van der Waals surface area (Å²) in [6, 6.07) is 9.87. The fourth-order valence-electron chi connectivity index (χ4n) is 4.92. The van der Waals surface area contributed by atoms with Gasteiger partial charge in [-0.3, -0.25) is 19.7 Å². The minimum atomic E-state index is -0.432. The molecule has 0 radical (unpaired) electrons. The molecule has 1 unspecified atom stereocenters. The molecule has 0 spiro atoms. The summed E-state index contributed by atoms with van der Waals surface area (Å²) < 4.78 is 5.88. The van der Waals surface area contributed by atoms with Gasteiger partial charge in [-0.2, -0.15) is 0 Å². The molecule has 5 rings (SSSR count). The van der Waals surface area contributed by atoms with Crippen molar-refractivity contribution in [2.24, 2.45) is 27.4 Å². The van der Waals surface area contributed by atoms with Gasteiger partial charge in [0.25, 0.3) is 0 Å². The first-order chi connectivity index (χ1) is 17.0. The van der Waals surface area contributed by atoms with Crippen molar-refractivity contribution in [1.82, 2.24) is 9.88 Å². The minimum Gasteiger partial charge on any atom is -0.487 e. The Morgan fingerprint density at radius 3 is 2.58 bits per heavy atom. The number of carbonyl (C=O) groups excluding carboxylic acids is 1. The van der Waals surface area contributed by atoms with E-state index in [2.05, 4.69) is 28.8 Å². The molecule has 8 nitrogen and oxygen atoms in total. The van der Waals surface area contributed by atoms with Crippen LogP contribution in [-0.2, 0) is 4.79 Å². The summed E-state index contributed by atoms with van der Waals surface area (Å²) >= 11 is 6.04. The maximum Gasteiger partial charge on any atom is 0.232 e. The van der Waals surface area contributed by atoms with Crippen molar-refractivity contribution in [3.63, 3.8) is 0 Å². The summed E-state index contributed by atoms with van der Waals surface area (Å²) in [7, 11) is 0. The van der Waals surface area contributed by atoms with E-state index in [1.54, 1.807) is 17.3 Å². The highest BCUT2D eigenvalue weighted by Gasteiger charge is 2.43. The monoisotopic (exact) mass is 510 g/mol. The third-order valence-corrected chi connectivity index (χ3v) is 6.75. The van der Waals surface area contributed by atoms with Gasteiger partial charge in [-0.05, 0) is 64.2 Å². The molecule has 1 aromatic heterocycles. The van der Waals surface area contributed by atoms with E-state index in [0.717, 1.165) is 36.1 Å². The van der Waals surface area contributed by atoms with Crippen LogP contribution in [0.4, 0.5) is 0 Å². The fraction of sp³-hybridized carbons (Fsp3) is 0.481. The first-order valence-corrected chi connectivity index (χ1v) is 12.7. The number of fused-ring (bicyclic) bond motifs is 1. The first-order valence-electron chi connectivity index (χ1n) is 12.3. The molecule has 1 fully saturated rings. The van der Waals surface area contributed by atoms with Crippen LogP contribution in [0.5, 0.6) is 5.75 Å². The molecule has 3 aliphatic rings. The zero-order valence-corrected chi connectivity index (χ0v) is 22.1. The zero-order valence-electron chi connectivity index (χ0n) is 21.3. The van der Waals surface area contributed by atoms with E-state index in [4.69, 9.17) is 27.8 Å². The van der Waals surface area contributed by atoms with Crippen LogP contribution in [0.25, 0.3) is 0 Å². The topological polar surface area (TPSA) is 119 Å². The summed E-state index contributed by atoms with van der Waals surface area (Å²) in [6.07, 6.45) is 8.11. The Morgan fingerprint density at radius 1 is 1.22 bits per heavy atom. The molecule has 2 aromatic rings. The van der Waals surface area contributed by atoms with Crippen molar-refractivity contribution in [3.8, 4) is 5.75 Å². The van der Waals surface area contributed by atoms with Crippen LogP contribution in [-0.4, -0.2) is 39.2 Å². The number of rotatable bonds is 4. The van der Waals surface area contributed by atoms with Crippen molar-refractivity contribution < 1.29 is 9.53 Å². The lowest BCUT2D eigenvalue weighted by Crippen LogP contribution is -2.51. The minimum absolute atomic E-state index is 0.0179. The predicted octanol–water partition coefficient (Wildman–Crippen LogP) is 4.79. The van der Waals surface area contributed by atoms with Gasteiger partial charge in [0.2, 0.25) is 5.91 Å². The van der Waals surface area contributed by atoms with E-state index in [0.29, 0.717) is 23.3 Å². The first kappa shape index (κ1) is 25.9. The molecule has 1 aliphatic carbocycles. The fourth-order valence-corrected chi connectivity index (χ4v) is 5.10. The second-order valence-electron chi connectivity index (χ2n) is 10.9. The van der Waals surface area contributed by atoms with Crippen molar-refractivity contribution >= 4 is 29.8 Å². The number of nitrogens with two attached hydrogens (primary N) is 2. The molecule has 4 N–H and O–H groups in total. The number of ether oxygens (including phenoxy) is 1. The second-order valence-corrected chi connectivity index (χ2v) is 11.3. The van der Waals surface area contributed by atoms with Crippen molar-refractivity contribution in [1.29, 1.82) is 0 Å². The lowest BCUT2D eigenvalue weighted by atomic mass is 9.90. The van der Waals surface area contributed by atoms with Gasteiger partial charge >= 0.3 is 0 Å². The number of hydrogen-bond acceptors (Lipinski definition) is 6. The highest BCUT2D eigenvalue weighted by atomic mass is 35.5. The molecule has 0 bridgehead atoms. The number of hydrogen-bond donors (Lipinski definition) is 2. The third kappa shape index (κ3) is 5.98. The van der Waals surface area contributed by atoms with Crippen molar-refractivity contribution in [3.05, 3.63) is 58.9 Å². The average Bonchev–Trinajstić information content (AvgIpc) is 3.60. The SMILES string of the molecule is CC1(C)CC(=O)N(C(c2cncc(Cl)c2)C2CC2)C(N)=N1.CC1(C)C[C@H](N=CN)c2ccccc2O1. The number of para-hydroxylation sites is 1. The molecule has 1 amide bonds. The molecular weight excluding hydrogens is 476 g/mol. The van der Waals surface area contributed by atoms with Crippen molar-refractivity contribution in [2.75, 3.05) is 0 Å². The zero-order chi connectivity index (χ0) is 26.1. The van der Waals surface area contributed by atoms with E-state index >= 15 is 0 Å². The van der Waals surface area contributed by atoms with Crippen LogP contribution in [0.2, 0.25) is 5.02 Å². The number of aliphatic imine (C=N–C) groups is 2. The number of benzene rings is 1. The third-order valence-electron chi connectivity index (χ3n) is 6.55. The molecule has 0 saturated heterocycles. The molecular formula is C27H35ClN6O2. The Bertz CT molecular complexity index is 1170. The molecule has 1 saturated carbocycles. The molecule has 2 aliphatic heterocycles. The number of carbonyl (C=O) groups is 1. The lowest BCUT2D eigenvalue weighted by molar-refractivity contribution is -0.131. The van der Waals surface area contributed by atoms with Gasteiger partial charge in [0.1, 0.15) is 11.4 Å². The Labute approximate surface area is 217 Å². The molecule has 192 valence electrons. The highest BCUT2D eigenvalue weighted by Crippen LogP contribution is 2.46. The summed E-state index contributed by atoms with van der Waals surface area (Å²) in [5, 5.41) is 0.568. The number of halogens is 1. The Hall–Kier alpha value is -3.13. The number of nitrogens with zero attached hydrogens (tertiary/aromatic N) is 4. The average molecular weight is 511 g/mol. The second kappa shape index (κ2) is 10.1. The highest BCUT2D eigenvalue weighted by molar-refractivity contribution is 6.30. The Balaban J connectivity index is 0.000000179. The van der Waals surface area contributed by atoms with E-state index in [9.17, 15) is 4.79 Å². The van der Waals surface area contributed by atoms with Gasteiger partial charge in [0.05, 0.1) is 35.4 Å². The number of pyridine rings is 1. The van der Waals surface area contributed by atoms with Crippen LogP contribution in [0.15, 0.2) is 52.7 Å². The number of aromatic nitrogens is 1.